The predicted molar refractivity (Wildman–Crippen MR) is 158 cm³/mol. The number of carbonyl (C=O) groups is 5. The Kier molecular flexibility index (Phi) is 14.4. The molecule has 1 aromatic carbocycles. The van der Waals surface area contributed by atoms with Gasteiger partial charge in [0.2, 0.25) is 23.6 Å². The second-order valence-corrected chi connectivity index (χ2v) is 12.2. The summed E-state index contributed by atoms with van der Waals surface area (Å²) in [5.41, 5.74) is 5.09. The van der Waals surface area contributed by atoms with Gasteiger partial charge in [-0.05, 0) is 39.7 Å². The molecule has 0 fully saturated rings. The first-order valence-electron chi connectivity index (χ1n) is 13.9. The number of nitrogens with one attached hydrogen (secondary N) is 5. The highest BCUT2D eigenvalue weighted by molar-refractivity contribution is 5.93. The summed E-state index contributed by atoms with van der Waals surface area (Å²) in [6.07, 6.45) is 0.00552. The lowest BCUT2D eigenvalue weighted by molar-refractivity contribution is -0.131. The minimum Gasteiger partial charge on any atom is -0.444 e. The zero-order valence-corrected chi connectivity index (χ0v) is 25.8. The average Bonchev–Trinajstić information content (AvgIpc) is 2.90. The molecule has 0 aliphatic rings. The molecule has 13 heteroatoms. The van der Waals surface area contributed by atoms with Crippen LogP contribution in [0.1, 0.15) is 66.5 Å². The first kappa shape index (κ1) is 36.3. The van der Waals surface area contributed by atoms with Crippen LogP contribution in [0, 0.1) is 5.41 Å². The fourth-order valence-corrected chi connectivity index (χ4v) is 3.25. The molecule has 0 aliphatic heterocycles. The number of hydrogen-bond donors (Lipinski definition) is 6. The number of nitrogens with two attached hydrogens (primary N) is 1. The summed E-state index contributed by atoms with van der Waals surface area (Å²) in [4.78, 5) is 61.7. The lowest BCUT2D eigenvalue weighted by Gasteiger charge is -2.28. The number of amides is 5. The van der Waals surface area contributed by atoms with Gasteiger partial charge in [0, 0.05) is 17.5 Å². The molecular formula is C29H48N6O7. The maximum absolute atomic E-state index is 13.0. The minimum atomic E-state index is -1.11. The van der Waals surface area contributed by atoms with Crippen molar-refractivity contribution in [1.82, 2.24) is 26.6 Å². The Hall–Kier alpha value is -3.71. The summed E-state index contributed by atoms with van der Waals surface area (Å²) in [6, 6.07) is 7.36. The van der Waals surface area contributed by atoms with Crippen molar-refractivity contribution in [2.75, 3.05) is 39.4 Å². The van der Waals surface area contributed by atoms with E-state index in [1.54, 1.807) is 51.1 Å². The van der Waals surface area contributed by atoms with Crippen molar-refractivity contribution >= 4 is 29.7 Å². The summed E-state index contributed by atoms with van der Waals surface area (Å²) >= 11 is 0. The van der Waals surface area contributed by atoms with Crippen molar-refractivity contribution in [2.24, 2.45) is 11.1 Å². The molecule has 0 aliphatic carbocycles. The maximum atomic E-state index is 13.0. The maximum Gasteiger partial charge on any atom is 0.408 e. The highest BCUT2D eigenvalue weighted by Gasteiger charge is 2.25. The quantitative estimate of drug-likeness (QED) is 0.163. The minimum absolute atomic E-state index is 0.307. The lowest BCUT2D eigenvalue weighted by Crippen LogP contribution is -2.48. The van der Waals surface area contributed by atoms with Crippen LogP contribution in [-0.2, 0) is 28.7 Å². The second kappa shape index (κ2) is 16.7. The molecule has 0 heterocycles. The second-order valence-electron chi connectivity index (χ2n) is 12.2. The smallest absolute Gasteiger partial charge is 0.408 e. The number of carbonyl (C=O) groups excluding carboxylic acids is 5. The average molecular weight is 593 g/mol. The molecule has 7 N–H and O–H groups in total. The van der Waals surface area contributed by atoms with Gasteiger partial charge in [0.15, 0.2) is 0 Å². The number of alkyl carbamates (subject to hydrolysis) is 1. The van der Waals surface area contributed by atoms with E-state index in [-0.39, 0.29) is 12.0 Å². The summed E-state index contributed by atoms with van der Waals surface area (Å²) in [6.45, 7) is 12.8. The fourth-order valence-electron chi connectivity index (χ4n) is 3.25. The van der Waals surface area contributed by atoms with Crippen molar-refractivity contribution in [3.05, 3.63) is 35.9 Å². The fraction of sp³-hybridized carbons (Fsp3) is 0.621. The molecule has 236 valence electrons. The summed E-state index contributed by atoms with van der Waals surface area (Å²) in [7, 11) is 0. The van der Waals surface area contributed by atoms with Gasteiger partial charge in [0.25, 0.3) is 0 Å². The van der Waals surface area contributed by atoms with E-state index in [9.17, 15) is 24.0 Å². The molecule has 42 heavy (non-hydrogen) atoms. The van der Waals surface area contributed by atoms with E-state index in [1.165, 1.54) is 0 Å². The lowest BCUT2D eigenvalue weighted by atomic mass is 9.94. The summed E-state index contributed by atoms with van der Waals surface area (Å²) in [5, 5.41) is 12.6. The highest BCUT2D eigenvalue weighted by Crippen LogP contribution is 2.16. The monoisotopic (exact) mass is 592 g/mol. The number of benzene rings is 1. The Morgan fingerprint density at radius 1 is 0.786 bits per heavy atom. The molecule has 0 saturated heterocycles. The van der Waals surface area contributed by atoms with Crippen LogP contribution in [0.15, 0.2) is 30.3 Å². The Balaban J connectivity index is 2.59. The first-order valence-corrected chi connectivity index (χ1v) is 13.9. The van der Waals surface area contributed by atoms with Crippen LogP contribution in [0.25, 0.3) is 0 Å². The zero-order chi connectivity index (χ0) is 32.0. The summed E-state index contributed by atoms with van der Waals surface area (Å²) < 4.78 is 10.8. The van der Waals surface area contributed by atoms with Gasteiger partial charge in [-0.1, -0.05) is 51.1 Å². The van der Waals surface area contributed by atoms with E-state index in [2.05, 4.69) is 26.6 Å². The number of ether oxygens (including phenoxy) is 2. The zero-order valence-electron chi connectivity index (χ0n) is 25.8. The molecule has 1 aromatic rings. The van der Waals surface area contributed by atoms with Gasteiger partial charge in [-0.25, -0.2) is 4.79 Å². The third-order valence-corrected chi connectivity index (χ3v) is 5.86. The molecule has 5 amide bonds. The molecule has 0 radical (unpaired) electrons. The molecule has 0 bridgehead atoms. The van der Waals surface area contributed by atoms with Crippen molar-refractivity contribution in [3.8, 4) is 0 Å². The van der Waals surface area contributed by atoms with Crippen LogP contribution in [-0.4, -0.2) is 80.3 Å². The molecule has 13 nitrogen and oxygen atoms in total. The van der Waals surface area contributed by atoms with Gasteiger partial charge in [0.05, 0.1) is 26.3 Å². The van der Waals surface area contributed by atoms with Crippen LogP contribution < -0.4 is 32.3 Å². The van der Waals surface area contributed by atoms with Gasteiger partial charge in [-0.2, -0.15) is 0 Å². The third kappa shape index (κ3) is 15.9. The normalized spacial score (nSPS) is 13.6. The first-order chi connectivity index (χ1) is 19.4. The Labute approximate surface area is 248 Å². The molecule has 0 aromatic heterocycles. The summed E-state index contributed by atoms with van der Waals surface area (Å²) in [5.74, 6) is -2.28. The van der Waals surface area contributed by atoms with Gasteiger partial charge < -0.3 is 41.8 Å². The van der Waals surface area contributed by atoms with E-state index in [4.69, 9.17) is 15.2 Å². The van der Waals surface area contributed by atoms with Crippen LogP contribution in [0.2, 0.25) is 0 Å². The Morgan fingerprint density at radius 3 is 1.95 bits per heavy atom. The van der Waals surface area contributed by atoms with E-state index in [0.29, 0.717) is 25.3 Å². The van der Waals surface area contributed by atoms with Crippen LogP contribution in [0.3, 0.4) is 0 Å². The highest BCUT2D eigenvalue weighted by atomic mass is 16.6. The largest absolute Gasteiger partial charge is 0.444 e. The third-order valence-electron chi connectivity index (χ3n) is 5.86. The van der Waals surface area contributed by atoms with Gasteiger partial charge in [0.1, 0.15) is 18.2 Å². The standard InChI is InChI=1S/C29H48N6O7/c1-8-29(7,30)19-41-18-28(5,6)17-34-22(37)14-32-25(39)24(20-12-10-9-11-13-20)35-23(38)16-31-21(36)15-33-26(40)42-27(2,3)4/h9-13,24H,8,14-19,30H2,1-7H3,(H,31,36)(H,32,39)(H,33,40)(H,34,37)(H,35,38)/t24-,29?/m0/s1. The van der Waals surface area contributed by atoms with Gasteiger partial charge in [-0.3, -0.25) is 19.2 Å². The van der Waals surface area contributed by atoms with Gasteiger partial charge in [-0.15, -0.1) is 0 Å². The Morgan fingerprint density at radius 2 is 1.36 bits per heavy atom. The molecule has 0 spiro atoms. The SMILES string of the molecule is CCC(C)(N)COCC(C)(C)CNC(=O)CNC(=O)[C@@H](NC(=O)CNC(=O)CNC(=O)OC(C)(C)C)c1ccccc1. The van der Waals surface area contributed by atoms with E-state index in [0.717, 1.165) is 6.42 Å². The number of hydrogen-bond acceptors (Lipinski definition) is 8. The molecule has 1 rings (SSSR count). The Bertz CT molecular complexity index is 1050. The van der Waals surface area contributed by atoms with E-state index in [1.807, 2.05) is 27.7 Å². The molecular weight excluding hydrogens is 544 g/mol. The van der Waals surface area contributed by atoms with Crippen LogP contribution >= 0.6 is 0 Å². The van der Waals surface area contributed by atoms with Crippen LogP contribution in [0.4, 0.5) is 4.79 Å². The van der Waals surface area contributed by atoms with Gasteiger partial charge >= 0.3 is 6.09 Å². The van der Waals surface area contributed by atoms with Crippen molar-refractivity contribution in [3.63, 3.8) is 0 Å². The molecule has 1 unspecified atom stereocenters. The molecule has 2 atom stereocenters. The van der Waals surface area contributed by atoms with Crippen molar-refractivity contribution in [2.45, 2.75) is 72.1 Å². The number of rotatable bonds is 16. The van der Waals surface area contributed by atoms with Crippen LogP contribution in [0.5, 0.6) is 0 Å². The molecule has 0 saturated carbocycles. The van der Waals surface area contributed by atoms with Crippen molar-refractivity contribution in [1.29, 1.82) is 0 Å². The topological polar surface area (TPSA) is 190 Å². The van der Waals surface area contributed by atoms with Crippen molar-refractivity contribution < 1.29 is 33.4 Å². The van der Waals surface area contributed by atoms with E-state index < -0.39 is 60.0 Å². The van der Waals surface area contributed by atoms with E-state index >= 15 is 0 Å². The predicted octanol–water partition coefficient (Wildman–Crippen LogP) is 0.887.